The van der Waals surface area contributed by atoms with E-state index in [1.165, 1.54) is 0 Å². The van der Waals surface area contributed by atoms with Gasteiger partial charge >= 0.3 is 0 Å². The van der Waals surface area contributed by atoms with Crippen LogP contribution in [0.2, 0.25) is 0 Å². The Morgan fingerprint density at radius 2 is 2.17 bits per heavy atom. The molecule has 2 aromatic rings. The van der Waals surface area contributed by atoms with Gasteiger partial charge < -0.3 is 10.4 Å². The molecule has 0 bridgehead atoms. The standard InChI is InChI=1S/C18H28N4O2/c1-6-13(4)22-16-15(11-19-22)14(10-12(3)20-16)17(24)21-18(5,7-2)8-9-23/h10-11,13,23H,6-9H2,1-5H3,(H,21,24). The lowest BCUT2D eigenvalue weighted by molar-refractivity contribution is 0.0887. The van der Waals surface area contributed by atoms with Gasteiger partial charge in [0.15, 0.2) is 5.65 Å². The largest absolute Gasteiger partial charge is 0.396 e. The number of aromatic nitrogens is 3. The third kappa shape index (κ3) is 3.59. The molecule has 6 nitrogen and oxygen atoms in total. The topological polar surface area (TPSA) is 80.0 Å². The van der Waals surface area contributed by atoms with E-state index < -0.39 is 5.54 Å². The predicted octanol–water partition coefficient (Wildman–Crippen LogP) is 2.99. The molecule has 2 N–H and O–H groups in total. The van der Waals surface area contributed by atoms with Crippen LogP contribution in [0.15, 0.2) is 12.3 Å². The molecule has 2 rings (SSSR count). The second kappa shape index (κ2) is 7.30. The maximum absolute atomic E-state index is 12.9. The highest BCUT2D eigenvalue weighted by Crippen LogP contribution is 2.23. The summed E-state index contributed by atoms with van der Waals surface area (Å²) in [6.45, 7) is 10.1. The van der Waals surface area contributed by atoms with Crippen LogP contribution in [-0.2, 0) is 0 Å². The van der Waals surface area contributed by atoms with Gasteiger partial charge in [0.1, 0.15) is 0 Å². The lowest BCUT2D eigenvalue weighted by Gasteiger charge is -2.29. The van der Waals surface area contributed by atoms with Crippen molar-refractivity contribution >= 4 is 16.9 Å². The van der Waals surface area contributed by atoms with Gasteiger partial charge in [-0.05, 0) is 46.1 Å². The first-order valence-corrected chi connectivity index (χ1v) is 8.63. The van der Waals surface area contributed by atoms with Gasteiger partial charge in [0.05, 0.1) is 23.2 Å². The minimum Gasteiger partial charge on any atom is -0.396 e. The molecule has 0 aliphatic carbocycles. The van der Waals surface area contributed by atoms with Gasteiger partial charge in [-0.15, -0.1) is 0 Å². The zero-order valence-corrected chi connectivity index (χ0v) is 15.3. The molecule has 1 amide bonds. The van der Waals surface area contributed by atoms with Crippen LogP contribution < -0.4 is 5.32 Å². The fourth-order valence-corrected chi connectivity index (χ4v) is 2.74. The Kier molecular flexibility index (Phi) is 5.59. The number of carbonyl (C=O) groups is 1. The molecule has 2 heterocycles. The van der Waals surface area contributed by atoms with Crippen LogP contribution in [-0.4, -0.2) is 37.9 Å². The number of pyridine rings is 1. The Morgan fingerprint density at radius 1 is 1.46 bits per heavy atom. The maximum Gasteiger partial charge on any atom is 0.252 e. The van der Waals surface area contributed by atoms with Crippen molar-refractivity contribution in [1.82, 2.24) is 20.1 Å². The fourth-order valence-electron chi connectivity index (χ4n) is 2.74. The molecule has 0 saturated carbocycles. The Labute approximate surface area is 143 Å². The molecular formula is C18H28N4O2. The summed E-state index contributed by atoms with van der Waals surface area (Å²) in [5, 5.41) is 17.5. The van der Waals surface area contributed by atoms with E-state index in [2.05, 4.69) is 29.2 Å². The highest BCUT2D eigenvalue weighted by molar-refractivity contribution is 6.05. The van der Waals surface area contributed by atoms with Crippen LogP contribution >= 0.6 is 0 Å². The molecule has 0 aliphatic rings. The van der Waals surface area contributed by atoms with Crippen LogP contribution in [0.5, 0.6) is 0 Å². The highest BCUT2D eigenvalue weighted by Gasteiger charge is 2.26. The zero-order valence-electron chi connectivity index (χ0n) is 15.3. The maximum atomic E-state index is 12.9. The molecule has 2 aromatic heterocycles. The van der Waals surface area contributed by atoms with E-state index in [-0.39, 0.29) is 18.6 Å². The quantitative estimate of drug-likeness (QED) is 0.817. The number of nitrogens with zero attached hydrogens (tertiary/aromatic N) is 3. The Balaban J connectivity index is 2.45. The fraction of sp³-hybridized carbons (Fsp3) is 0.611. The van der Waals surface area contributed by atoms with Gasteiger partial charge in [-0.1, -0.05) is 13.8 Å². The number of nitrogens with one attached hydrogen (secondary N) is 1. The number of aryl methyl sites for hydroxylation is 1. The van der Waals surface area contributed by atoms with Crippen molar-refractivity contribution < 1.29 is 9.90 Å². The van der Waals surface area contributed by atoms with E-state index in [0.717, 1.165) is 29.6 Å². The first kappa shape index (κ1) is 18.4. The molecule has 132 valence electrons. The van der Waals surface area contributed by atoms with Crippen molar-refractivity contribution in [2.24, 2.45) is 0 Å². The normalized spacial score (nSPS) is 15.2. The van der Waals surface area contributed by atoms with Crippen molar-refractivity contribution in [3.8, 4) is 0 Å². The molecule has 6 heteroatoms. The summed E-state index contributed by atoms with van der Waals surface area (Å²) in [6, 6.07) is 2.03. The van der Waals surface area contributed by atoms with Gasteiger partial charge in [-0.25, -0.2) is 9.67 Å². The second-order valence-electron chi connectivity index (χ2n) is 6.74. The number of aliphatic hydroxyl groups is 1. The molecule has 2 unspecified atom stereocenters. The van der Waals surface area contributed by atoms with Crippen LogP contribution in [0.25, 0.3) is 11.0 Å². The summed E-state index contributed by atoms with van der Waals surface area (Å²) in [5.41, 5.74) is 1.69. The Morgan fingerprint density at radius 3 is 2.75 bits per heavy atom. The molecule has 24 heavy (non-hydrogen) atoms. The Bertz CT molecular complexity index is 725. The summed E-state index contributed by atoms with van der Waals surface area (Å²) in [4.78, 5) is 17.4. The molecule has 0 saturated heterocycles. The lowest BCUT2D eigenvalue weighted by atomic mass is 9.94. The third-order valence-electron chi connectivity index (χ3n) is 4.81. The molecule has 0 radical (unpaired) electrons. The van der Waals surface area contributed by atoms with E-state index in [4.69, 9.17) is 0 Å². The van der Waals surface area contributed by atoms with Crippen molar-refractivity contribution in [3.05, 3.63) is 23.5 Å². The van der Waals surface area contributed by atoms with Crippen molar-refractivity contribution in [3.63, 3.8) is 0 Å². The lowest BCUT2D eigenvalue weighted by Crippen LogP contribution is -2.46. The third-order valence-corrected chi connectivity index (χ3v) is 4.81. The van der Waals surface area contributed by atoms with Crippen LogP contribution in [0, 0.1) is 6.92 Å². The van der Waals surface area contributed by atoms with E-state index in [1.807, 2.05) is 25.5 Å². The minimum absolute atomic E-state index is 0.0430. The number of amides is 1. The molecular weight excluding hydrogens is 304 g/mol. The average Bonchev–Trinajstić information content (AvgIpc) is 2.97. The van der Waals surface area contributed by atoms with Crippen molar-refractivity contribution in [1.29, 1.82) is 0 Å². The summed E-state index contributed by atoms with van der Waals surface area (Å²) in [7, 11) is 0. The van der Waals surface area contributed by atoms with Gasteiger partial charge in [-0.3, -0.25) is 4.79 Å². The van der Waals surface area contributed by atoms with Gasteiger partial charge in [-0.2, -0.15) is 5.10 Å². The van der Waals surface area contributed by atoms with E-state index >= 15 is 0 Å². The van der Waals surface area contributed by atoms with E-state index in [9.17, 15) is 9.90 Å². The van der Waals surface area contributed by atoms with Crippen LogP contribution in [0.3, 0.4) is 0 Å². The molecule has 0 spiro atoms. The SMILES string of the molecule is CCC(C)n1ncc2c(C(=O)NC(C)(CC)CCO)cc(C)nc21. The van der Waals surface area contributed by atoms with E-state index in [0.29, 0.717) is 12.0 Å². The predicted molar refractivity (Wildman–Crippen MR) is 95.1 cm³/mol. The molecule has 0 aliphatic heterocycles. The number of aliphatic hydroxyl groups excluding tert-OH is 1. The molecule has 2 atom stereocenters. The Hall–Kier alpha value is -1.95. The van der Waals surface area contributed by atoms with Gasteiger partial charge in [0.25, 0.3) is 5.91 Å². The monoisotopic (exact) mass is 332 g/mol. The smallest absolute Gasteiger partial charge is 0.252 e. The number of fused-ring (bicyclic) bond motifs is 1. The van der Waals surface area contributed by atoms with Crippen LogP contribution in [0.1, 0.15) is 69.1 Å². The van der Waals surface area contributed by atoms with Gasteiger partial charge in [0.2, 0.25) is 0 Å². The van der Waals surface area contributed by atoms with Gasteiger partial charge in [0, 0.05) is 17.8 Å². The second-order valence-corrected chi connectivity index (χ2v) is 6.74. The van der Waals surface area contributed by atoms with Crippen LogP contribution in [0.4, 0.5) is 0 Å². The number of hydrogen-bond donors (Lipinski definition) is 2. The molecule has 0 aromatic carbocycles. The highest BCUT2D eigenvalue weighted by atomic mass is 16.3. The molecule has 0 fully saturated rings. The van der Waals surface area contributed by atoms with Crippen molar-refractivity contribution in [2.75, 3.05) is 6.61 Å². The number of carbonyl (C=O) groups excluding carboxylic acids is 1. The summed E-state index contributed by atoms with van der Waals surface area (Å²) < 4.78 is 1.88. The minimum atomic E-state index is -0.429. The number of hydrogen-bond acceptors (Lipinski definition) is 4. The summed E-state index contributed by atoms with van der Waals surface area (Å²) in [6.07, 6.45) is 3.93. The average molecular weight is 332 g/mol. The number of rotatable bonds is 7. The summed E-state index contributed by atoms with van der Waals surface area (Å²) in [5.74, 6) is -0.146. The van der Waals surface area contributed by atoms with E-state index in [1.54, 1.807) is 12.3 Å². The first-order chi connectivity index (χ1) is 11.3. The summed E-state index contributed by atoms with van der Waals surface area (Å²) >= 11 is 0. The zero-order chi connectivity index (χ0) is 17.9. The first-order valence-electron chi connectivity index (χ1n) is 8.63. The van der Waals surface area contributed by atoms with Crippen molar-refractivity contribution in [2.45, 2.75) is 65.5 Å².